The van der Waals surface area contributed by atoms with Gasteiger partial charge in [-0.3, -0.25) is 4.79 Å². The molecular formula is C18H30N2O3. The van der Waals surface area contributed by atoms with E-state index in [9.17, 15) is 4.79 Å². The van der Waals surface area contributed by atoms with Gasteiger partial charge in [0.2, 0.25) is 0 Å². The molecule has 1 N–H and O–H groups in total. The summed E-state index contributed by atoms with van der Waals surface area (Å²) < 4.78 is 10.7. The van der Waals surface area contributed by atoms with Crippen LogP contribution in [0.15, 0.2) is 10.6 Å². The maximum atomic E-state index is 12.6. The normalized spacial score (nSPS) is 17.4. The van der Waals surface area contributed by atoms with Crippen LogP contribution >= 0.6 is 0 Å². The van der Waals surface area contributed by atoms with Crippen LogP contribution in [-0.4, -0.2) is 36.2 Å². The highest BCUT2D eigenvalue weighted by Gasteiger charge is 2.30. The molecule has 0 saturated carbocycles. The van der Waals surface area contributed by atoms with Crippen molar-refractivity contribution in [3.8, 4) is 0 Å². The second kappa shape index (κ2) is 7.14. The average Bonchev–Trinajstić information content (AvgIpc) is 2.95. The fourth-order valence-corrected chi connectivity index (χ4v) is 2.58. The summed E-state index contributed by atoms with van der Waals surface area (Å²) in [6.07, 6.45) is 2.40. The molecule has 5 nitrogen and oxygen atoms in total. The largest absolute Gasteiger partial charge is 0.381 e. The van der Waals surface area contributed by atoms with Gasteiger partial charge in [0, 0.05) is 24.7 Å². The molecule has 0 spiro atoms. The Kier molecular flexibility index (Phi) is 5.63. The van der Waals surface area contributed by atoms with Gasteiger partial charge < -0.3 is 14.6 Å². The minimum Gasteiger partial charge on any atom is -0.381 e. The Morgan fingerprint density at radius 3 is 2.48 bits per heavy atom. The van der Waals surface area contributed by atoms with Crippen LogP contribution < -0.4 is 5.32 Å². The Labute approximate surface area is 139 Å². The lowest BCUT2D eigenvalue weighted by Gasteiger charge is -2.29. The van der Waals surface area contributed by atoms with E-state index >= 15 is 0 Å². The van der Waals surface area contributed by atoms with E-state index in [1.807, 2.05) is 19.9 Å². The summed E-state index contributed by atoms with van der Waals surface area (Å²) in [5, 5.41) is 7.50. The molecule has 2 rings (SSSR count). The monoisotopic (exact) mass is 322 g/mol. The number of ketones is 1. The number of aromatic nitrogens is 1. The summed E-state index contributed by atoms with van der Waals surface area (Å²) in [7, 11) is 0. The van der Waals surface area contributed by atoms with Crippen LogP contribution in [0.25, 0.3) is 0 Å². The number of rotatable bonds is 6. The molecule has 130 valence electrons. The van der Waals surface area contributed by atoms with E-state index in [2.05, 4.69) is 31.2 Å². The third kappa shape index (κ3) is 5.15. The van der Waals surface area contributed by atoms with Gasteiger partial charge in [-0.25, -0.2) is 0 Å². The van der Waals surface area contributed by atoms with Gasteiger partial charge in [-0.05, 0) is 39.2 Å². The molecule has 5 heteroatoms. The smallest absolute Gasteiger partial charge is 0.159 e. The van der Waals surface area contributed by atoms with E-state index in [1.165, 1.54) is 0 Å². The zero-order chi connectivity index (χ0) is 17.1. The molecule has 1 aliphatic rings. The van der Waals surface area contributed by atoms with Crippen LogP contribution in [0.3, 0.4) is 0 Å². The van der Waals surface area contributed by atoms with Crippen LogP contribution in [0.2, 0.25) is 0 Å². The summed E-state index contributed by atoms with van der Waals surface area (Å²) in [4.78, 5) is 12.6. The van der Waals surface area contributed by atoms with E-state index in [0.29, 0.717) is 11.7 Å². The predicted molar refractivity (Wildman–Crippen MR) is 89.5 cm³/mol. The van der Waals surface area contributed by atoms with Crippen molar-refractivity contribution in [3.05, 3.63) is 17.5 Å². The standard InChI is InChI=1S/C18H30N2O3/c1-17(2,3)15-10-14(23-20-15)11-16(21)18(4,5)19-12-13-6-8-22-9-7-13/h10,13,19H,6-9,11-12H2,1-5H3. The Bertz CT molecular complexity index is 523. The number of Topliss-reactive ketones (excluding diaryl/α,β-unsaturated/α-hetero) is 1. The van der Waals surface area contributed by atoms with Crippen molar-refractivity contribution in [2.75, 3.05) is 19.8 Å². The van der Waals surface area contributed by atoms with Crippen LogP contribution in [-0.2, 0) is 21.4 Å². The molecule has 0 unspecified atom stereocenters. The van der Waals surface area contributed by atoms with Crippen molar-refractivity contribution in [1.29, 1.82) is 0 Å². The Morgan fingerprint density at radius 2 is 1.91 bits per heavy atom. The first-order valence-corrected chi connectivity index (χ1v) is 8.50. The van der Waals surface area contributed by atoms with Crippen LogP contribution in [0, 0.1) is 5.92 Å². The molecule has 0 bridgehead atoms. The van der Waals surface area contributed by atoms with Gasteiger partial charge in [-0.1, -0.05) is 25.9 Å². The second-order valence-corrected chi connectivity index (χ2v) is 8.09. The van der Waals surface area contributed by atoms with E-state index < -0.39 is 5.54 Å². The summed E-state index contributed by atoms with van der Waals surface area (Å²) in [5.41, 5.74) is 0.252. The third-order valence-corrected chi connectivity index (χ3v) is 4.53. The lowest BCUT2D eigenvalue weighted by Crippen LogP contribution is -2.49. The third-order valence-electron chi connectivity index (χ3n) is 4.53. The number of nitrogens with zero attached hydrogens (tertiary/aromatic N) is 1. The van der Waals surface area contributed by atoms with E-state index in [-0.39, 0.29) is 17.6 Å². The van der Waals surface area contributed by atoms with Gasteiger partial charge in [-0.15, -0.1) is 0 Å². The van der Waals surface area contributed by atoms with Crippen molar-refractivity contribution in [2.24, 2.45) is 5.92 Å². The lowest BCUT2D eigenvalue weighted by atomic mass is 9.90. The molecule has 0 aliphatic carbocycles. The molecule has 1 saturated heterocycles. The zero-order valence-corrected chi connectivity index (χ0v) is 15.1. The maximum absolute atomic E-state index is 12.6. The number of hydrogen-bond acceptors (Lipinski definition) is 5. The van der Waals surface area contributed by atoms with Crippen LogP contribution in [0.5, 0.6) is 0 Å². The van der Waals surface area contributed by atoms with Crippen molar-refractivity contribution in [3.63, 3.8) is 0 Å². The van der Waals surface area contributed by atoms with Crippen LogP contribution in [0.4, 0.5) is 0 Å². The van der Waals surface area contributed by atoms with Gasteiger partial charge in [0.05, 0.1) is 17.7 Å². The number of carbonyl (C=O) groups is 1. The van der Waals surface area contributed by atoms with E-state index in [4.69, 9.17) is 9.26 Å². The number of ether oxygens (including phenoxy) is 1. The molecule has 0 atom stereocenters. The second-order valence-electron chi connectivity index (χ2n) is 8.09. The van der Waals surface area contributed by atoms with Gasteiger partial charge >= 0.3 is 0 Å². The highest BCUT2D eigenvalue weighted by Crippen LogP contribution is 2.22. The zero-order valence-electron chi connectivity index (χ0n) is 15.1. The minimum atomic E-state index is -0.563. The van der Waals surface area contributed by atoms with Crippen molar-refractivity contribution in [1.82, 2.24) is 10.5 Å². The number of nitrogens with one attached hydrogen (secondary N) is 1. The maximum Gasteiger partial charge on any atom is 0.159 e. The Hall–Kier alpha value is -1.20. The quantitative estimate of drug-likeness (QED) is 0.872. The average molecular weight is 322 g/mol. The first-order valence-electron chi connectivity index (χ1n) is 8.50. The molecule has 1 aromatic rings. The molecule has 0 amide bonds. The van der Waals surface area contributed by atoms with E-state index in [0.717, 1.165) is 38.3 Å². The Morgan fingerprint density at radius 1 is 1.26 bits per heavy atom. The fourth-order valence-electron chi connectivity index (χ4n) is 2.58. The van der Waals surface area contributed by atoms with E-state index in [1.54, 1.807) is 0 Å². The molecule has 2 heterocycles. The molecule has 0 aromatic carbocycles. The molecule has 1 aliphatic heterocycles. The molecule has 1 aromatic heterocycles. The first-order chi connectivity index (χ1) is 10.7. The topological polar surface area (TPSA) is 64.4 Å². The van der Waals surface area contributed by atoms with Crippen molar-refractivity contribution in [2.45, 2.75) is 64.8 Å². The van der Waals surface area contributed by atoms with Crippen LogP contribution in [0.1, 0.15) is 58.9 Å². The minimum absolute atomic E-state index is 0.0678. The summed E-state index contributed by atoms with van der Waals surface area (Å²) in [5.74, 6) is 1.36. The number of carbonyl (C=O) groups excluding carboxylic acids is 1. The molecule has 0 radical (unpaired) electrons. The van der Waals surface area contributed by atoms with Gasteiger partial charge in [0.1, 0.15) is 5.76 Å². The first kappa shape index (κ1) is 18.1. The van der Waals surface area contributed by atoms with Crippen molar-refractivity contribution >= 4 is 5.78 Å². The molecule has 1 fully saturated rings. The predicted octanol–water partition coefficient (Wildman–Crippen LogP) is 2.88. The summed E-state index contributed by atoms with van der Waals surface area (Å²) in [6.45, 7) is 12.6. The highest BCUT2D eigenvalue weighted by atomic mass is 16.5. The van der Waals surface area contributed by atoms with Gasteiger partial charge in [0.15, 0.2) is 5.78 Å². The van der Waals surface area contributed by atoms with Crippen molar-refractivity contribution < 1.29 is 14.1 Å². The number of hydrogen-bond donors (Lipinski definition) is 1. The lowest BCUT2D eigenvalue weighted by molar-refractivity contribution is -0.124. The highest BCUT2D eigenvalue weighted by molar-refractivity contribution is 5.89. The Balaban J connectivity index is 1.88. The fraction of sp³-hybridized carbons (Fsp3) is 0.778. The summed E-state index contributed by atoms with van der Waals surface area (Å²) in [6, 6.07) is 1.90. The van der Waals surface area contributed by atoms with Gasteiger partial charge in [-0.2, -0.15) is 0 Å². The molecular weight excluding hydrogens is 292 g/mol. The molecule has 23 heavy (non-hydrogen) atoms. The summed E-state index contributed by atoms with van der Waals surface area (Å²) >= 11 is 0. The van der Waals surface area contributed by atoms with Gasteiger partial charge in [0.25, 0.3) is 0 Å². The SMILES string of the molecule is CC(C)(NCC1CCOCC1)C(=O)Cc1cc(C(C)(C)C)no1.